The van der Waals surface area contributed by atoms with Crippen LogP contribution < -0.4 is 0 Å². The molecule has 2 aromatic rings. The van der Waals surface area contributed by atoms with Gasteiger partial charge in [-0.3, -0.25) is 4.90 Å². The summed E-state index contributed by atoms with van der Waals surface area (Å²) in [6, 6.07) is 11.8. The van der Waals surface area contributed by atoms with Gasteiger partial charge in [-0.25, -0.2) is 4.39 Å². The molecule has 1 N–H and O–H groups in total. The van der Waals surface area contributed by atoms with E-state index in [1.54, 1.807) is 24.3 Å². The molecule has 1 saturated carbocycles. The lowest BCUT2D eigenvalue weighted by molar-refractivity contribution is 0.0999. The predicted molar refractivity (Wildman–Crippen MR) is 78.2 cm³/mol. The van der Waals surface area contributed by atoms with E-state index in [0.717, 1.165) is 18.6 Å². The molecule has 4 nitrogen and oxygen atoms in total. The van der Waals surface area contributed by atoms with Gasteiger partial charge in [0.15, 0.2) is 0 Å². The van der Waals surface area contributed by atoms with E-state index in [2.05, 4.69) is 4.90 Å². The minimum atomic E-state index is -0.674. The topological polar surface area (TPSA) is 60.4 Å². The third-order valence-corrected chi connectivity index (χ3v) is 3.86. The van der Waals surface area contributed by atoms with Crippen molar-refractivity contribution in [3.05, 3.63) is 59.3 Å². The SMILES string of the molecule is N#Cc1ccc(CN(CC(O)c2ccc(F)cc2)C2CC2)o1. The average molecular weight is 300 g/mol. The second kappa shape index (κ2) is 6.30. The van der Waals surface area contributed by atoms with Gasteiger partial charge in [0.1, 0.15) is 17.6 Å². The standard InChI is InChI=1S/C17H17FN2O2/c18-13-3-1-12(2-4-13)17(21)11-20(14-5-6-14)10-16-8-7-15(9-19)22-16/h1-4,7-8,14,17,21H,5-6,10-11H2. The van der Waals surface area contributed by atoms with Crippen LogP contribution in [0.4, 0.5) is 4.39 Å². The Kier molecular flexibility index (Phi) is 4.23. The van der Waals surface area contributed by atoms with E-state index in [4.69, 9.17) is 9.68 Å². The minimum Gasteiger partial charge on any atom is -0.449 e. The molecule has 0 radical (unpaired) electrons. The van der Waals surface area contributed by atoms with Crippen LogP contribution in [0.2, 0.25) is 0 Å². The molecule has 1 fully saturated rings. The summed E-state index contributed by atoms with van der Waals surface area (Å²) in [5.74, 6) is 0.703. The molecule has 1 atom stereocenters. The maximum absolute atomic E-state index is 12.9. The summed E-state index contributed by atoms with van der Waals surface area (Å²) in [5, 5.41) is 19.1. The van der Waals surface area contributed by atoms with Crippen molar-refractivity contribution in [3.63, 3.8) is 0 Å². The van der Waals surface area contributed by atoms with Crippen LogP contribution in [0, 0.1) is 17.1 Å². The molecule has 114 valence electrons. The quantitative estimate of drug-likeness (QED) is 0.891. The van der Waals surface area contributed by atoms with Gasteiger partial charge in [0.25, 0.3) is 0 Å². The van der Waals surface area contributed by atoms with Crippen LogP contribution >= 0.6 is 0 Å². The number of aliphatic hydroxyl groups excluding tert-OH is 1. The molecule has 0 amide bonds. The number of nitrogens with zero attached hydrogens (tertiary/aromatic N) is 2. The molecule has 5 heteroatoms. The summed E-state index contributed by atoms with van der Waals surface area (Å²) in [6.07, 6.45) is 1.52. The van der Waals surface area contributed by atoms with Crippen LogP contribution in [0.5, 0.6) is 0 Å². The van der Waals surface area contributed by atoms with E-state index in [1.165, 1.54) is 12.1 Å². The Morgan fingerprint density at radius 2 is 2.00 bits per heavy atom. The third kappa shape index (κ3) is 3.53. The highest BCUT2D eigenvalue weighted by atomic mass is 19.1. The Morgan fingerprint density at radius 1 is 1.27 bits per heavy atom. The third-order valence-electron chi connectivity index (χ3n) is 3.86. The second-order valence-electron chi connectivity index (χ2n) is 5.61. The van der Waals surface area contributed by atoms with Crippen LogP contribution in [-0.4, -0.2) is 22.6 Å². The number of halogens is 1. The number of benzene rings is 1. The summed E-state index contributed by atoms with van der Waals surface area (Å²) in [7, 11) is 0. The summed E-state index contributed by atoms with van der Waals surface area (Å²) < 4.78 is 18.4. The molecule has 1 aromatic carbocycles. The summed E-state index contributed by atoms with van der Waals surface area (Å²) in [4.78, 5) is 2.15. The van der Waals surface area contributed by atoms with Gasteiger partial charge < -0.3 is 9.52 Å². The van der Waals surface area contributed by atoms with Crippen LogP contribution in [0.25, 0.3) is 0 Å². The zero-order valence-electron chi connectivity index (χ0n) is 12.1. The lowest BCUT2D eigenvalue weighted by Crippen LogP contribution is -2.30. The smallest absolute Gasteiger partial charge is 0.203 e. The largest absolute Gasteiger partial charge is 0.449 e. The maximum atomic E-state index is 12.9. The lowest BCUT2D eigenvalue weighted by atomic mass is 10.1. The Labute approximate surface area is 128 Å². The van der Waals surface area contributed by atoms with Crippen molar-refractivity contribution in [3.8, 4) is 6.07 Å². The van der Waals surface area contributed by atoms with Gasteiger partial charge in [0, 0.05) is 12.6 Å². The first-order valence-corrected chi connectivity index (χ1v) is 7.32. The first-order chi connectivity index (χ1) is 10.7. The van der Waals surface area contributed by atoms with Gasteiger partial charge in [-0.15, -0.1) is 0 Å². The van der Waals surface area contributed by atoms with Crippen LogP contribution in [0.1, 0.15) is 36.0 Å². The Hall–Kier alpha value is -2.16. The van der Waals surface area contributed by atoms with Gasteiger partial charge in [-0.05, 0) is 42.7 Å². The Bertz CT molecular complexity index is 671. The molecule has 1 aromatic heterocycles. The molecule has 0 bridgehead atoms. The molecule has 3 rings (SSSR count). The zero-order chi connectivity index (χ0) is 15.5. The van der Waals surface area contributed by atoms with Crippen molar-refractivity contribution in [2.45, 2.75) is 31.5 Å². The first-order valence-electron chi connectivity index (χ1n) is 7.32. The number of nitriles is 1. The molecular weight excluding hydrogens is 283 g/mol. The lowest BCUT2D eigenvalue weighted by Gasteiger charge is -2.24. The molecule has 22 heavy (non-hydrogen) atoms. The molecule has 1 aliphatic carbocycles. The fourth-order valence-electron chi connectivity index (χ4n) is 2.52. The van der Waals surface area contributed by atoms with E-state index >= 15 is 0 Å². The average Bonchev–Trinajstić information content (AvgIpc) is 3.27. The van der Waals surface area contributed by atoms with Crippen LogP contribution in [-0.2, 0) is 6.54 Å². The fraction of sp³-hybridized carbons (Fsp3) is 0.353. The van der Waals surface area contributed by atoms with E-state index in [1.807, 2.05) is 6.07 Å². The molecule has 0 spiro atoms. The number of hydrogen-bond acceptors (Lipinski definition) is 4. The molecule has 1 aliphatic rings. The maximum Gasteiger partial charge on any atom is 0.203 e. The first kappa shape index (κ1) is 14.8. The van der Waals surface area contributed by atoms with E-state index in [9.17, 15) is 9.50 Å². The van der Waals surface area contributed by atoms with Crippen molar-refractivity contribution < 1.29 is 13.9 Å². The van der Waals surface area contributed by atoms with Crippen LogP contribution in [0.3, 0.4) is 0 Å². The molecule has 1 unspecified atom stereocenters. The van der Waals surface area contributed by atoms with E-state index in [-0.39, 0.29) is 5.82 Å². The van der Waals surface area contributed by atoms with Gasteiger partial charge >= 0.3 is 0 Å². The van der Waals surface area contributed by atoms with Gasteiger partial charge in [0.05, 0.1) is 12.6 Å². The predicted octanol–water partition coefficient (Wildman–Crippen LogP) is 2.99. The summed E-state index contributed by atoms with van der Waals surface area (Å²) in [5.41, 5.74) is 0.698. The number of rotatable bonds is 6. The normalized spacial score (nSPS) is 15.7. The second-order valence-corrected chi connectivity index (χ2v) is 5.61. The Balaban J connectivity index is 1.66. The zero-order valence-corrected chi connectivity index (χ0v) is 12.1. The monoisotopic (exact) mass is 300 g/mol. The molecule has 0 saturated heterocycles. The van der Waals surface area contributed by atoms with Gasteiger partial charge in [-0.1, -0.05) is 12.1 Å². The van der Waals surface area contributed by atoms with Crippen molar-refractivity contribution in [1.29, 1.82) is 5.26 Å². The van der Waals surface area contributed by atoms with Crippen molar-refractivity contribution >= 4 is 0 Å². The van der Waals surface area contributed by atoms with Gasteiger partial charge in [0.2, 0.25) is 5.76 Å². The summed E-state index contributed by atoms with van der Waals surface area (Å²) in [6.45, 7) is 1.02. The van der Waals surface area contributed by atoms with E-state index < -0.39 is 6.10 Å². The van der Waals surface area contributed by atoms with Crippen molar-refractivity contribution in [2.24, 2.45) is 0 Å². The molecule has 0 aliphatic heterocycles. The molecular formula is C17H17FN2O2. The highest BCUT2D eigenvalue weighted by Gasteiger charge is 2.31. The van der Waals surface area contributed by atoms with Crippen LogP contribution in [0.15, 0.2) is 40.8 Å². The van der Waals surface area contributed by atoms with Crippen molar-refractivity contribution in [2.75, 3.05) is 6.54 Å². The molecule has 1 heterocycles. The number of hydrogen-bond donors (Lipinski definition) is 1. The summed E-state index contributed by atoms with van der Waals surface area (Å²) >= 11 is 0. The number of furan rings is 1. The number of aliphatic hydroxyl groups is 1. The highest BCUT2D eigenvalue weighted by Crippen LogP contribution is 2.30. The van der Waals surface area contributed by atoms with E-state index in [0.29, 0.717) is 30.5 Å². The highest BCUT2D eigenvalue weighted by molar-refractivity contribution is 5.20. The minimum absolute atomic E-state index is 0.296. The fourth-order valence-corrected chi connectivity index (χ4v) is 2.52. The Morgan fingerprint density at radius 3 is 2.59 bits per heavy atom. The van der Waals surface area contributed by atoms with Crippen molar-refractivity contribution in [1.82, 2.24) is 4.90 Å². The van der Waals surface area contributed by atoms with Gasteiger partial charge in [-0.2, -0.15) is 5.26 Å².